The monoisotopic (exact) mass is 443 g/mol. The van der Waals surface area contributed by atoms with Crippen LogP contribution >= 0.6 is 0 Å². The van der Waals surface area contributed by atoms with Gasteiger partial charge in [0, 0.05) is 43.8 Å². The van der Waals surface area contributed by atoms with E-state index >= 15 is 0 Å². The smallest absolute Gasteiger partial charge is 0.245 e. The first kappa shape index (κ1) is 21.4. The van der Waals surface area contributed by atoms with Crippen LogP contribution in [0.15, 0.2) is 45.9 Å². The number of carbonyl (C=O) groups excluding carboxylic acids is 1. The Hall–Kier alpha value is -2.82. The molecule has 2 aromatic heterocycles. The van der Waals surface area contributed by atoms with Crippen molar-refractivity contribution in [1.82, 2.24) is 19.3 Å². The second kappa shape index (κ2) is 8.37. The van der Waals surface area contributed by atoms with E-state index in [4.69, 9.17) is 4.52 Å². The summed E-state index contributed by atoms with van der Waals surface area (Å²) >= 11 is 0. The molecule has 1 aliphatic rings. The normalized spacial score (nSPS) is 17.0. The van der Waals surface area contributed by atoms with Gasteiger partial charge in [-0.3, -0.25) is 14.7 Å². The molecule has 3 heterocycles. The van der Waals surface area contributed by atoms with Gasteiger partial charge in [-0.25, -0.2) is 8.42 Å². The number of pyridine rings is 1. The number of para-hydroxylation sites is 1. The molecule has 1 atom stereocenters. The Morgan fingerprint density at radius 3 is 2.58 bits per heavy atom. The summed E-state index contributed by atoms with van der Waals surface area (Å²) in [6.45, 7) is 6.96. The zero-order chi connectivity index (χ0) is 22.2. The third kappa shape index (κ3) is 4.32. The molecule has 1 saturated heterocycles. The number of hydrogen-bond donors (Lipinski definition) is 1. The van der Waals surface area contributed by atoms with Crippen molar-refractivity contribution in [3.05, 3.63) is 47.9 Å². The first-order valence-electron chi connectivity index (χ1n) is 10.1. The Kier molecular flexibility index (Phi) is 5.78. The molecule has 3 aromatic rings. The van der Waals surface area contributed by atoms with E-state index < -0.39 is 16.1 Å². The van der Waals surface area contributed by atoms with Gasteiger partial charge in [-0.15, -0.1) is 0 Å². The van der Waals surface area contributed by atoms with Gasteiger partial charge in [0.15, 0.2) is 5.82 Å². The fraction of sp³-hybridized carbons (Fsp3) is 0.381. The molecule has 0 saturated carbocycles. The minimum absolute atomic E-state index is 0.210. The van der Waals surface area contributed by atoms with Crippen molar-refractivity contribution in [2.45, 2.75) is 31.7 Å². The van der Waals surface area contributed by atoms with Crippen LogP contribution in [0.3, 0.4) is 0 Å². The number of piperazine rings is 1. The summed E-state index contributed by atoms with van der Waals surface area (Å²) in [6.07, 6.45) is 1.68. The van der Waals surface area contributed by atoms with Gasteiger partial charge >= 0.3 is 0 Å². The van der Waals surface area contributed by atoms with Gasteiger partial charge in [-0.2, -0.15) is 4.31 Å². The van der Waals surface area contributed by atoms with Crippen LogP contribution in [0, 0.1) is 13.8 Å². The van der Waals surface area contributed by atoms with Crippen LogP contribution in [0.1, 0.15) is 18.2 Å². The fourth-order valence-electron chi connectivity index (χ4n) is 3.74. The van der Waals surface area contributed by atoms with E-state index in [2.05, 4.69) is 15.5 Å². The fourth-order valence-corrected chi connectivity index (χ4v) is 5.33. The Bertz CT molecular complexity index is 1220. The quantitative estimate of drug-likeness (QED) is 0.644. The maximum Gasteiger partial charge on any atom is 0.245 e. The molecule has 1 amide bonds. The molecule has 1 aromatic carbocycles. The lowest BCUT2D eigenvalue weighted by Gasteiger charge is -2.36. The molecule has 0 spiro atoms. The molecule has 164 valence electrons. The molecular weight excluding hydrogens is 418 g/mol. The highest BCUT2D eigenvalue weighted by molar-refractivity contribution is 7.89. The van der Waals surface area contributed by atoms with E-state index in [1.165, 1.54) is 4.31 Å². The van der Waals surface area contributed by atoms with Crippen molar-refractivity contribution in [3.8, 4) is 0 Å². The molecule has 1 N–H and O–H groups in total. The topological polar surface area (TPSA) is 109 Å². The van der Waals surface area contributed by atoms with Crippen molar-refractivity contribution in [3.63, 3.8) is 0 Å². The Labute approximate surface area is 181 Å². The van der Waals surface area contributed by atoms with E-state index in [-0.39, 0.29) is 10.8 Å². The molecule has 10 heteroatoms. The van der Waals surface area contributed by atoms with Gasteiger partial charge in [-0.05, 0) is 38.5 Å². The molecule has 1 fully saturated rings. The maximum atomic E-state index is 13.3. The van der Waals surface area contributed by atoms with E-state index in [9.17, 15) is 13.2 Å². The highest BCUT2D eigenvalue weighted by Crippen LogP contribution is 2.26. The Morgan fingerprint density at radius 1 is 1.16 bits per heavy atom. The average molecular weight is 444 g/mol. The molecule has 0 bridgehead atoms. The third-order valence-corrected chi connectivity index (χ3v) is 7.44. The minimum atomic E-state index is -3.70. The van der Waals surface area contributed by atoms with Crippen LogP contribution in [0.5, 0.6) is 0 Å². The SMILES string of the molecule is Cc1cnc2c(S(=O)(=O)N3CCN(C(C)C(=O)Nc4cc(C)on4)CC3)cccc2c1. The highest BCUT2D eigenvalue weighted by Gasteiger charge is 2.33. The lowest BCUT2D eigenvalue weighted by atomic mass is 10.2. The van der Waals surface area contributed by atoms with E-state index in [1.807, 2.05) is 24.0 Å². The van der Waals surface area contributed by atoms with Crippen LogP contribution in [-0.2, 0) is 14.8 Å². The zero-order valence-corrected chi connectivity index (χ0v) is 18.5. The lowest BCUT2D eigenvalue weighted by molar-refractivity contribution is -0.121. The van der Waals surface area contributed by atoms with E-state index in [0.717, 1.165) is 10.9 Å². The van der Waals surface area contributed by atoms with Crippen LogP contribution in [-0.4, -0.2) is 65.9 Å². The number of carbonyl (C=O) groups is 1. The summed E-state index contributed by atoms with van der Waals surface area (Å²) in [5.74, 6) is 0.771. The minimum Gasteiger partial charge on any atom is -0.360 e. The Balaban J connectivity index is 1.45. The number of benzene rings is 1. The number of hydrogen-bond acceptors (Lipinski definition) is 7. The molecule has 31 heavy (non-hydrogen) atoms. The van der Waals surface area contributed by atoms with Gasteiger partial charge < -0.3 is 9.84 Å². The average Bonchev–Trinajstić information content (AvgIpc) is 3.17. The molecule has 0 aliphatic carbocycles. The number of anilines is 1. The molecule has 0 radical (unpaired) electrons. The molecule has 4 rings (SSSR count). The number of sulfonamides is 1. The molecule has 9 nitrogen and oxygen atoms in total. The van der Waals surface area contributed by atoms with Crippen molar-refractivity contribution < 1.29 is 17.7 Å². The second-order valence-corrected chi connectivity index (χ2v) is 9.67. The van der Waals surface area contributed by atoms with Crippen LogP contribution in [0.2, 0.25) is 0 Å². The number of rotatable bonds is 5. The predicted molar refractivity (Wildman–Crippen MR) is 116 cm³/mol. The first-order valence-corrected chi connectivity index (χ1v) is 11.5. The summed E-state index contributed by atoms with van der Waals surface area (Å²) in [5.41, 5.74) is 1.45. The van der Waals surface area contributed by atoms with E-state index in [0.29, 0.717) is 43.3 Å². The summed E-state index contributed by atoms with van der Waals surface area (Å²) in [7, 11) is -3.70. The van der Waals surface area contributed by atoms with Crippen LogP contribution in [0.25, 0.3) is 10.9 Å². The highest BCUT2D eigenvalue weighted by atomic mass is 32.2. The van der Waals surface area contributed by atoms with Gasteiger partial charge in [0.05, 0.1) is 11.6 Å². The standard InChI is InChI=1S/C21H25N5O4S/c1-14-11-17-5-4-6-18(20(17)22-13-14)31(28,29)26-9-7-25(8-10-26)16(3)21(27)23-19-12-15(2)30-24-19/h4-6,11-13,16H,7-10H2,1-3H3,(H,23,24,27). The molecule has 1 aliphatic heterocycles. The van der Waals surface area contributed by atoms with Crippen molar-refractivity contribution in [2.24, 2.45) is 0 Å². The van der Waals surface area contributed by atoms with Gasteiger partial charge in [-0.1, -0.05) is 17.3 Å². The van der Waals surface area contributed by atoms with Gasteiger partial charge in [0.1, 0.15) is 10.7 Å². The summed E-state index contributed by atoms with van der Waals surface area (Å²) < 4.78 is 33.0. The molecular formula is C21H25N5O4S. The predicted octanol–water partition coefficient (Wildman–Crippen LogP) is 2.17. The second-order valence-electron chi connectivity index (χ2n) is 7.77. The number of nitrogens with one attached hydrogen (secondary N) is 1. The zero-order valence-electron chi connectivity index (χ0n) is 17.7. The Morgan fingerprint density at radius 2 is 1.90 bits per heavy atom. The number of aryl methyl sites for hydroxylation is 2. The van der Waals surface area contributed by atoms with Gasteiger partial charge in [0.2, 0.25) is 15.9 Å². The number of fused-ring (bicyclic) bond motifs is 1. The van der Waals surface area contributed by atoms with E-state index in [1.54, 1.807) is 38.2 Å². The van der Waals surface area contributed by atoms with Crippen molar-refractivity contribution in [2.75, 3.05) is 31.5 Å². The number of nitrogens with zero attached hydrogens (tertiary/aromatic N) is 4. The van der Waals surface area contributed by atoms with Crippen molar-refractivity contribution in [1.29, 1.82) is 0 Å². The number of amides is 1. The van der Waals surface area contributed by atoms with Gasteiger partial charge in [0.25, 0.3) is 0 Å². The maximum absolute atomic E-state index is 13.3. The van der Waals surface area contributed by atoms with Crippen LogP contribution in [0.4, 0.5) is 5.82 Å². The third-order valence-electron chi connectivity index (χ3n) is 5.51. The van der Waals surface area contributed by atoms with Crippen molar-refractivity contribution >= 4 is 32.7 Å². The summed E-state index contributed by atoms with van der Waals surface area (Å²) in [4.78, 5) is 19.1. The summed E-state index contributed by atoms with van der Waals surface area (Å²) in [6, 6.07) is 8.35. The largest absolute Gasteiger partial charge is 0.360 e. The lowest BCUT2D eigenvalue weighted by Crippen LogP contribution is -2.53. The first-order chi connectivity index (χ1) is 14.8. The van der Waals surface area contributed by atoms with Crippen LogP contribution < -0.4 is 5.32 Å². The number of aromatic nitrogens is 2. The summed E-state index contributed by atoms with van der Waals surface area (Å²) in [5, 5.41) is 7.30. The molecule has 1 unspecified atom stereocenters.